The molecular weight excluding hydrogens is 242 g/mol. The van der Waals surface area contributed by atoms with Crippen molar-refractivity contribution >= 4 is 11.8 Å². The Morgan fingerprint density at radius 2 is 1.89 bits per heavy atom. The second-order valence-corrected chi connectivity index (χ2v) is 4.34. The third-order valence-electron chi connectivity index (χ3n) is 2.81. The van der Waals surface area contributed by atoms with Gasteiger partial charge in [-0.15, -0.1) is 0 Å². The summed E-state index contributed by atoms with van der Waals surface area (Å²) in [6.07, 6.45) is 1.62. The summed E-state index contributed by atoms with van der Waals surface area (Å²) in [5.74, 6) is -0.518. The number of nitrogens with two attached hydrogens (primary N) is 1. The second-order valence-electron chi connectivity index (χ2n) is 4.34. The molecule has 0 aliphatic carbocycles. The van der Waals surface area contributed by atoms with E-state index in [0.29, 0.717) is 0 Å². The van der Waals surface area contributed by atoms with Gasteiger partial charge in [-0.25, -0.2) is 0 Å². The highest BCUT2D eigenvalue weighted by atomic mass is 16.2. The van der Waals surface area contributed by atoms with Gasteiger partial charge >= 0.3 is 0 Å². The van der Waals surface area contributed by atoms with Crippen molar-refractivity contribution in [2.45, 2.75) is 25.8 Å². The Morgan fingerprint density at radius 1 is 1.21 bits per heavy atom. The zero-order valence-corrected chi connectivity index (χ0v) is 11.2. The van der Waals surface area contributed by atoms with Crippen LogP contribution in [0.25, 0.3) is 0 Å². The largest absolute Gasteiger partial charge is 0.352 e. The number of carbonyl (C=O) groups excluding carboxylic acids is 2. The first-order valence-electron chi connectivity index (χ1n) is 6.45. The third kappa shape index (κ3) is 6.01. The van der Waals surface area contributed by atoms with Crippen LogP contribution in [0.1, 0.15) is 18.9 Å². The molecule has 2 amide bonds. The molecule has 5 nitrogen and oxygen atoms in total. The standard InChI is InChI=1S/C14H21N3O2/c1-2-12(8-11-6-4-3-5-7-11)17-14(19)10-16-13(18)9-15/h3-7,12H,2,8-10,15H2,1H3,(H,16,18)(H,17,19). The molecule has 0 aliphatic heterocycles. The molecule has 1 unspecified atom stereocenters. The van der Waals surface area contributed by atoms with Crippen LogP contribution in [0.3, 0.4) is 0 Å². The highest BCUT2D eigenvalue weighted by Crippen LogP contribution is 2.05. The Morgan fingerprint density at radius 3 is 2.47 bits per heavy atom. The van der Waals surface area contributed by atoms with Crippen molar-refractivity contribution < 1.29 is 9.59 Å². The molecule has 0 spiro atoms. The molecule has 19 heavy (non-hydrogen) atoms. The van der Waals surface area contributed by atoms with Crippen LogP contribution >= 0.6 is 0 Å². The molecule has 0 heterocycles. The van der Waals surface area contributed by atoms with Crippen molar-refractivity contribution in [3.8, 4) is 0 Å². The van der Waals surface area contributed by atoms with E-state index in [1.807, 2.05) is 37.3 Å². The van der Waals surface area contributed by atoms with E-state index in [9.17, 15) is 9.59 Å². The van der Waals surface area contributed by atoms with E-state index in [0.717, 1.165) is 12.8 Å². The van der Waals surface area contributed by atoms with E-state index < -0.39 is 0 Å². The van der Waals surface area contributed by atoms with Gasteiger partial charge in [0.15, 0.2) is 0 Å². The van der Waals surface area contributed by atoms with Crippen molar-refractivity contribution in [2.24, 2.45) is 5.73 Å². The van der Waals surface area contributed by atoms with E-state index in [-0.39, 0.29) is 30.9 Å². The second kappa shape index (κ2) is 8.26. The molecule has 1 aromatic carbocycles. The van der Waals surface area contributed by atoms with Gasteiger partial charge in [0.2, 0.25) is 11.8 Å². The van der Waals surface area contributed by atoms with Gasteiger partial charge in [0, 0.05) is 6.04 Å². The van der Waals surface area contributed by atoms with Gasteiger partial charge in [-0.3, -0.25) is 9.59 Å². The predicted molar refractivity (Wildman–Crippen MR) is 74.4 cm³/mol. The molecule has 5 heteroatoms. The number of amides is 2. The maximum absolute atomic E-state index is 11.7. The van der Waals surface area contributed by atoms with Crippen molar-refractivity contribution in [3.63, 3.8) is 0 Å². The van der Waals surface area contributed by atoms with Crippen LogP contribution in [0.2, 0.25) is 0 Å². The van der Waals surface area contributed by atoms with Gasteiger partial charge in [-0.1, -0.05) is 37.3 Å². The number of rotatable bonds is 7. The normalized spacial score (nSPS) is 11.7. The van der Waals surface area contributed by atoms with Crippen LogP contribution in [0.4, 0.5) is 0 Å². The van der Waals surface area contributed by atoms with Crippen LogP contribution in [0, 0.1) is 0 Å². The lowest BCUT2D eigenvalue weighted by Gasteiger charge is -2.17. The summed E-state index contributed by atoms with van der Waals surface area (Å²) < 4.78 is 0. The maximum atomic E-state index is 11.7. The summed E-state index contributed by atoms with van der Waals surface area (Å²) in [7, 11) is 0. The molecule has 4 N–H and O–H groups in total. The SMILES string of the molecule is CCC(Cc1ccccc1)NC(=O)CNC(=O)CN. The Hall–Kier alpha value is -1.88. The van der Waals surface area contributed by atoms with Crippen molar-refractivity contribution in [2.75, 3.05) is 13.1 Å². The quantitative estimate of drug-likeness (QED) is 0.657. The lowest BCUT2D eigenvalue weighted by molar-refractivity contribution is -0.125. The molecule has 0 saturated heterocycles. The Labute approximate surface area is 113 Å². The minimum atomic E-state index is -0.328. The van der Waals surface area contributed by atoms with Crippen LogP contribution in [0.15, 0.2) is 30.3 Å². The van der Waals surface area contributed by atoms with Crippen molar-refractivity contribution in [1.82, 2.24) is 10.6 Å². The molecule has 104 valence electrons. The maximum Gasteiger partial charge on any atom is 0.239 e. The summed E-state index contributed by atoms with van der Waals surface area (Å²) >= 11 is 0. The molecule has 0 saturated carbocycles. The third-order valence-corrected chi connectivity index (χ3v) is 2.81. The Kier molecular flexibility index (Phi) is 6.60. The van der Waals surface area contributed by atoms with Crippen molar-refractivity contribution in [1.29, 1.82) is 0 Å². The molecule has 0 bridgehead atoms. The van der Waals surface area contributed by atoms with Crippen LogP contribution < -0.4 is 16.4 Å². The monoisotopic (exact) mass is 263 g/mol. The average Bonchev–Trinajstić information content (AvgIpc) is 2.45. The fourth-order valence-corrected chi connectivity index (χ4v) is 1.73. The zero-order valence-electron chi connectivity index (χ0n) is 11.2. The molecule has 0 radical (unpaired) electrons. The molecular formula is C14H21N3O2. The van der Waals surface area contributed by atoms with Crippen LogP contribution in [0.5, 0.6) is 0 Å². The minimum absolute atomic E-state index is 0.0265. The highest BCUT2D eigenvalue weighted by molar-refractivity contribution is 5.85. The smallest absolute Gasteiger partial charge is 0.239 e. The summed E-state index contributed by atoms with van der Waals surface area (Å²) in [6, 6.07) is 10.1. The number of carbonyl (C=O) groups is 2. The van der Waals surface area contributed by atoms with Gasteiger partial charge in [-0.05, 0) is 18.4 Å². The van der Waals surface area contributed by atoms with Gasteiger partial charge in [-0.2, -0.15) is 0 Å². The van der Waals surface area contributed by atoms with Gasteiger partial charge in [0.1, 0.15) is 0 Å². The molecule has 0 fully saturated rings. The number of benzene rings is 1. The predicted octanol–water partition coefficient (Wildman–Crippen LogP) is 0.199. The van der Waals surface area contributed by atoms with E-state index in [4.69, 9.17) is 5.73 Å². The Balaban J connectivity index is 2.39. The lowest BCUT2D eigenvalue weighted by Crippen LogP contribution is -2.43. The summed E-state index contributed by atoms with van der Waals surface area (Å²) in [6.45, 7) is 1.89. The fraction of sp³-hybridized carbons (Fsp3) is 0.429. The van der Waals surface area contributed by atoms with E-state index in [1.165, 1.54) is 5.56 Å². The molecule has 0 aliphatic rings. The number of hydrogen-bond acceptors (Lipinski definition) is 3. The van der Waals surface area contributed by atoms with Crippen LogP contribution in [-0.4, -0.2) is 30.9 Å². The first-order valence-corrected chi connectivity index (χ1v) is 6.45. The Bertz CT molecular complexity index is 406. The summed E-state index contributed by atoms with van der Waals surface area (Å²) in [4.78, 5) is 22.6. The highest BCUT2D eigenvalue weighted by Gasteiger charge is 2.11. The van der Waals surface area contributed by atoms with Crippen LogP contribution in [-0.2, 0) is 16.0 Å². The molecule has 1 atom stereocenters. The van der Waals surface area contributed by atoms with Crippen molar-refractivity contribution in [3.05, 3.63) is 35.9 Å². The van der Waals surface area contributed by atoms with E-state index >= 15 is 0 Å². The topological polar surface area (TPSA) is 84.2 Å². The van der Waals surface area contributed by atoms with E-state index in [1.54, 1.807) is 0 Å². The fourth-order valence-electron chi connectivity index (χ4n) is 1.73. The first kappa shape index (κ1) is 15.2. The lowest BCUT2D eigenvalue weighted by atomic mass is 10.0. The molecule has 0 aromatic heterocycles. The average molecular weight is 263 g/mol. The molecule has 1 rings (SSSR count). The molecule has 1 aromatic rings. The van der Waals surface area contributed by atoms with Gasteiger partial charge in [0.05, 0.1) is 13.1 Å². The number of nitrogens with one attached hydrogen (secondary N) is 2. The van der Waals surface area contributed by atoms with Gasteiger partial charge < -0.3 is 16.4 Å². The van der Waals surface area contributed by atoms with E-state index in [2.05, 4.69) is 10.6 Å². The summed E-state index contributed by atoms with van der Waals surface area (Å²) in [5, 5.41) is 5.35. The minimum Gasteiger partial charge on any atom is -0.352 e. The number of hydrogen-bond donors (Lipinski definition) is 3. The zero-order chi connectivity index (χ0) is 14.1. The first-order chi connectivity index (χ1) is 9.15. The summed E-state index contributed by atoms with van der Waals surface area (Å²) in [5.41, 5.74) is 6.33. The van der Waals surface area contributed by atoms with Gasteiger partial charge in [0.25, 0.3) is 0 Å².